The van der Waals surface area contributed by atoms with Crippen molar-refractivity contribution in [3.8, 4) is 11.5 Å². The normalized spacial score (nSPS) is 10.4. The zero-order valence-corrected chi connectivity index (χ0v) is 10.8. The van der Waals surface area contributed by atoms with Gasteiger partial charge in [0.1, 0.15) is 0 Å². The van der Waals surface area contributed by atoms with Gasteiger partial charge in [-0.2, -0.15) is 4.98 Å². The van der Waals surface area contributed by atoms with Crippen molar-refractivity contribution >= 4 is 29.2 Å². The van der Waals surface area contributed by atoms with E-state index in [1.165, 1.54) is 0 Å². The topological polar surface area (TPSA) is 65.2 Å². The van der Waals surface area contributed by atoms with Crippen molar-refractivity contribution in [1.82, 2.24) is 10.1 Å². The van der Waals surface area contributed by atoms with Crippen molar-refractivity contribution in [2.45, 2.75) is 6.92 Å². The van der Waals surface area contributed by atoms with Gasteiger partial charge >= 0.3 is 5.97 Å². The van der Waals surface area contributed by atoms with E-state index >= 15 is 0 Å². The van der Waals surface area contributed by atoms with Gasteiger partial charge in [-0.05, 0) is 30.3 Å². The van der Waals surface area contributed by atoms with Crippen LogP contribution in [0.2, 0.25) is 10.0 Å². The quantitative estimate of drug-likeness (QED) is 0.811. The van der Waals surface area contributed by atoms with Crippen LogP contribution in [0.5, 0.6) is 0 Å². The molecule has 0 aliphatic carbocycles. The van der Waals surface area contributed by atoms with Crippen LogP contribution in [0, 0.1) is 0 Å². The first-order valence-electron chi connectivity index (χ1n) is 5.08. The van der Waals surface area contributed by atoms with Crippen molar-refractivity contribution in [2.75, 3.05) is 6.61 Å². The number of aromatic nitrogens is 2. The van der Waals surface area contributed by atoms with Crippen LogP contribution in [0.4, 0.5) is 0 Å². The highest BCUT2D eigenvalue weighted by Crippen LogP contribution is 2.29. The molecule has 0 saturated carbocycles. The summed E-state index contributed by atoms with van der Waals surface area (Å²) in [7, 11) is 0. The van der Waals surface area contributed by atoms with E-state index in [2.05, 4.69) is 10.1 Å². The van der Waals surface area contributed by atoms with Crippen LogP contribution >= 0.6 is 23.2 Å². The number of rotatable bonds is 3. The maximum Gasteiger partial charge on any atom is 0.379 e. The Hall–Kier alpha value is -1.59. The van der Waals surface area contributed by atoms with Crippen LogP contribution in [0.25, 0.3) is 11.5 Å². The fourth-order valence-electron chi connectivity index (χ4n) is 1.27. The summed E-state index contributed by atoms with van der Waals surface area (Å²) in [6.07, 6.45) is 0. The van der Waals surface area contributed by atoms with Crippen molar-refractivity contribution in [1.29, 1.82) is 0 Å². The van der Waals surface area contributed by atoms with Crippen LogP contribution in [0.1, 0.15) is 17.5 Å². The Morgan fingerprint density at radius 2 is 2.22 bits per heavy atom. The van der Waals surface area contributed by atoms with Gasteiger partial charge in [0.15, 0.2) is 0 Å². The van der Waals surface area contributed by atoms with Gasteiger partial charge < -0.3 is 9.26 Å². The molecule has 94 valence electrons. The molecule has 0 N–H and O–H groups in total. The van der Waals surface area contributed by atoms with Crippen LogP contribution in [-0.2, 0) is 4.74 Å². The van der Waals surface area contributed by atoms with E-state index in [1.807, 2.05) is 0 Å². The lowest BCUT2D eigenvalue weighted by molar-refractivity contribution is 0.0508. The van der Waals surface area contributed by atoms with E-state index in [9.17, 15) is 4.79 Å². The first-order valence-corrected chi connectivity index (χ1v) is 5.83. The molecule has 18 heavy (non-hydrogen) atoms. The van der Waals surface area contributed by atoms with Crippen molar-refractivity contribution < 1.29 is 14.1 Å². The van der Waals surface area contributed by atoms with Gasteiger partial charge in [-0.15, -0.1) is 0 Å². The zero-order valence-electron chi connectivity index (χ0n) is 9.31. The van der Waals surface area contributed by atoms with Gasteiger partial charge in [0.05, 0.1) is 17.2 Å². The first-order chi connectivity index (χ1) is 8.61. The number of esters is 1. The second-order valence-corrected chi connectivity index (χ2v) is 4.11. The monoisotopic (exact) mass is 286 g/mol. The molecule has 0 radical (unpaired) electrons. The third kappa shape index (κ3) is 2.63. The zero-order chi connectivity index (χ0) is 13.1. The predicted molar refractivity (Wildman–Crippen MR) is 65.7 cm³/mol. The number of ether oxygens (including phenoxy) is 1. The van der Waals surface area contributed by atoms with E-state index in [4.69, 9.17) is 32.5 Å². The van der Waals surface area contributed by atoms with Gasteiger partial charge in [0.2, 0.25) is 0 Å². The van der Waals surface area contributed by atoms with E-state index in [1.54, 1.807) is 25.1 Å². The highest BCUT2D eigenvalue weighted by molar-refractivity contribution is 6.36. The molecule has 0 aliphatic heterocycles. The summed E-state index contributed by atoms with van der Waals surface area (Å²) in [5, 5.41) is 4.38. The number of benzene rings is 1. The Morgan fingerprint density at radius 3 is 2.89 bits per heavy atom. The highest BCUT2D eigenvalue weighted by Gasteiger charge is 2.18. The smallest absolute Gasteiger partial charge is 0.379 e. The lowest BCUT2D eigenvalue weighted by Crippen LogP contribution is -2.06. The second-order valence-electron chi connectivity index (χ2n) is 3.27. The van der Waals surface area contributed by atoms with Gasteiger partial charge in [0, 0.05) is 5.02 Å². The van der Waals surface area contributed by atoms with Crippen LogP contribution in [0.15, 0.2) is 22.7 Å². The number of hydrogen-bond donors (Lipinski definition) is 0. The minimum atomic E-state index is -0.641. The molecule has 0 spiro atoms. The molecule has 1 aromatic heterocycles. The molecule has 0 fully saturated rings. The van der Waals surface area contributed by atoms with Crippen molar-refractivity contribution in [3.05, 3.63) is 34.1 Å². The summed E-state index contributed by atoms with van der Waals surface area (Å²) < 4.78 is 9.70. The summed E-state index contributed by atoms with van der Waals surface area (Å²) in [6.45, 7) is 1.93. The molecule has 0 atom stereocenters. The van der Waals surface area contributed by atoms with E-state index in [-0.39, 0.29) is 18.3 Å². The average Bonchev–Trinajstić information content (AvgIpc) is 2.78. The molecule has 5 nitrogen and oxygen atoms in total. The Balaban J connectivity index is 2.32. The molecule has 0 bridgehead atoms. The van der Waals surface area contributed by atoms with Gasteiger partial charge in [-0.3, -0.25) is 0 Å². The molecular formula is C11H8Cl2N2O3. The van der Waals surface area contributed by atoms with E-state index < -0.39 is 5.97 Å². The Morgan fingerprint density at radius 1 is 1.44 bits per heavy atom. The first kappa shape index (κ1) is 12.9. The molecule has 2 aromatic rings. The molecule has 0 saturated heterocycles. The lowest BCUT2D eigenvalue weighted by Gasteiger charge is -1.98. The highest BCUT2D eigenvalue weighted by atomic mass is 35.5. The molecular weight excluding hydrogens is 279 g/mol. The summed E-state index contributed by atoms with van der Waals surface area (Å²) in [6, 6.07) is 4.82. The molecule has 0 aliphatic rings. The van der Waals surface area contributed by atoms with Gasteiger partial charge in [-0.1, -0.05) is 23.2 Å². The summed E-state index contributed by atoms with van der Waals surface area (Å²) in [5.74, 6) is -0.643. The van der Waals surface area contributed by atoms with Crippen molar-refractivity contribution in [2.24, 2.45) is 0 Å². The fraction of sp³-hybridized carbons (Fsp3) is 0.182. The summed E-state index contributed by atoms with van der Waals surface area (Å²) in [4.78, 5) is 15.3. The molecule has 2 rings (SSSR count). The number of nitrogens with zero attached hydrogens (tertiary/aromatic N) is 2. The second kappa shape index (κ2) is 5.37. The Kier molecular flexibility index (Phi) is 3.84. The molecule has 1 heterocycles. The van der Waals surface area contributed by atoms with Crippen molar-refractivity contribution in [3.63, 3.8) is 0 Å². The fourth-order valence-corrected chi connectivity index (χ4v) is 1.76. The van der Waals surface area contributed by atoms with Crippen LogP contribution < -0.4 is 0 Å². The standard InChI is InChI=1S/C11H8Cl2N2O3/c1-2-17-11(16)9-14-10(18-15-9)7-4-3-6(12)5-8(7)13/h3-5H,2H2,1H3. The summed E-state index contributed by atoms with van der Waals surface area (Å²) >= 11 is 11.8. The van der Waals surface area contributed by atoms with Gasteiger partial charge in [0.25, 0.3) is 11.7 Å². The van der Waals surface area contributed by atoms with Crippen LogP contribution in [0.3, 0.4) is 0 Å². The number of hydrogen-bond acceptors (Lipinski definition) is 5. The SMILES string of the molecule is CCOC(=O)c1noc(-c2ccc(Cl)cc2Cl)n1. The van der Waals surface area contributed by atoms with Gasteiger partial charge in [-0.25, -0.2) is 4.79 Å². The minimum Gasteiger partial charge on any atom is -0.460 e. The number of carbonyl (C=O) groups excluding carboxylic acids is 1. The van der Waals surface area contributed by atoms with E-state index in [0.717, 1.165) is 0 Å². The third-order valence-corrected chi connectivity index (χ3v) is 2.59. The number of carbonyl (C=O) groups is 1. The Bertz CT molecular complexity index is 583. The van der Waals surface area contributed by atoms with Crippen LogP contribution in [-0.4, -0.2) is 22.7 Å². The minimum absolute atomic E-state index is 0.139. The molecule has 0 unspecified atom stereocenters. The Labute approximate surface area is 113 Å². The molecule has 1 aromatic carbocycles. The van der Waals surface area contributed by atoms with E-state index in [0.29, 0.717) is 15.6 Å². The molecule has 0 amide bonds. The lowest BCUT2D eigenvalue weighted by atomic mass is 10.2. The molecule has 7 heteroatoms. The predicted octanol–water partition coefficient (Wildman–Crippen LogP) is 3.22. The average molecular weight is 287 g/mol. The maximum atomic E-state index is 11.4. The maximum absolute atomic E-state index is 11.4. The third-order valence-electron chi connectivity index (χ3n) is 2.05. The number of halogens is 2. The summed E-state index contributed by atoms with van der Waals surface area (Å²) in [5.41, 5.74) is 0.504. The largest absolute Gasteiger partial charge is 0.460 e.